The minimum absolute atomic E-state index is 0.323. The standard InChI is InChI=1S/C15H22O2S/c16-15(17)12-8-3-1-2-4-9-13-18-14-10-6-5-7-11-14/h5-7,10-11H,1-4,8-9,12-13H2,(H,16,17). The van der Waals surface area contributed by atoms with E-state index < -0.39 is 5.97 Å². The van der Waals surface area contributed by atoms with Crippen LogP contribution in [0, 0.1) is 0 Å². The van der Waals surface area contributed by atoms with E-state index in [-0.39, 0.29) is 0 Å². The van der Waals surface area contributed by atoms with Crippen LogP contribution in [-0.2, 0) is 4.79 Å². The molecule has 0 aliphatic heterocycles. The van der Waals surface area contributed by atoms with Crippen LogP contribution in [0.3, 0.4) is 0 Å². The Kier molecular flexibility index (Phi) is 8.40. The van der Waals surface area contributed by atoms with Crippen LogP contribution < -0.4 is 0 Å². The Morgan fingerprint density at radius 3 is 2.22 bits per heavy atom. The van der Waals surface area contributed by atoms with E-state index in [9.17, 15) is 4.79 Å². The summed E-state index contributed by atoms with van der Waals surface area (Å²) in [6, 6.07) is 10.5. The molecular weight excluding hydrogens is 244 g/mol. The number of benzene rings is 1. The summed E-state index contributed by atoms with van der Waals surface area (Å²) in [7, 11) is 0. The second-order valence-electron chi connectivity index (χ2n) is 4.43. The Hall–Kier alpha value is -0.960. The molecule has 0 bridgehead atoms. The van der Waals surface area contributed by atoms with Crippen molar-refractivity contribution >= 4 is 17.7 Å². The van der Waals surface area contributed by atoms with E-state index in [2.05, 4.69) is 24.3 Å². The average Bonchev–Trinajstić information content (AvgIpc) is 2.37. The molecule has 0 saturated heterocycles. The first kappa shape index (κ1) is 15.1. The van der Waals surface area contributed by atoms with Gasteiger partial charge in [-0.05, 0) is 30.7 Å². The Morgan fingerprint density at radius 1 is 0.944 bits per heavy atom. The fraction of sp³-hybridized carbons (Fsp3) is 0.533. The highest BCUT2D eigenvalue weighted by atomic mass is 32.2. The molecule has 100 valence electrons. The molecule has 0 spiro atoms. The van der Waals surface area contributed by atoms with Crippen molar-refractivity contribution in [3.63, 3.8) is 0 Å². The highest BCUT2D eigenvalue weighted by molar-refractivity contribution is 7.99. The second-order valence-corrected chi connectivity index (χ2v) is 5.59. The topological polar surface area (TPSA) is 37.3 Å². The van der Waals surface area contributed by atoms with Gasteiger partial charge in [-0.15, -0.1) is 11.8 Å². The molecule has 0 amide bonds. The lowest BCUT2D eigenvalue weighted by Gasteiger charge is -2.02. The van der Waals surface area contributed by atoms with Gasteiger partial charge in [0.1, 0.15) is 0 Å². The molecule has 0 aliphatic carbocycles. The average molecular weight is 266 g/mol. The molecule has 2 nitrogen and oxygen atoms in total. The van der Waals surface area contributed by atoms with Crippen molar-refractivity contribution in [1.82, 2.24) is 0 Å². The first-order valence-electron chi connectivity index (χ1n) is 6.68. The fourth-order valence-corrected chi connectivity index (χ4v) is 2.73. The van der Waals surface area contributed by atoms with Crippen molar-refractivity contribution in [2.45, 2.75) is 49.8 Å². The summed E-state index contributed by atoms with van der Waals surface area (Å²) in [6.45, 7) is 0. The van der Waals surface area contributed by atoms with Gasteiger partial charge in [0.15, 0.2) is 0 Å². The van der Waals surface area contributed by atoms with Gasteiger partial charge in [0, 0.05) is 11.3 Å². The van der Waals surface area contributed by atoms with Crippen LogP contribution in [-0.4, -0.2) is 16.8 Å². The molecule has 0 heterocycles. The predicted molar refractivity (Wildman–Crippen MR) is 77.1 cm³/mol. The van der Waals surface area contributed by atoms with E-state index in [1.165, 1.54) is 36.3 Å². The number of unbranched alkanes of at least 4 members (excludes halogenated alkanes) is 5. The molecule has 0 unspecified atom stereocenters. The monoisotopic (exact) mass is 266 g/mol. The molecule has 1 rings (SSSR count). The Labute approximate surface area is 114 Å². The fourth-order valence-electron chi connectivity index (χ4n) is 1.79. The summed E-state index contributed by atoms with van der Waals surface area (Å²) in [6.07, 6.45) is 7.11. The Balaban J connectivity index is 1.86. The number of carboxylic acid groups (broad SMARTS) is 1. The van der Waals surface area contributed by atoms with E-state index >= 15 is 0 Å². The molecule has 0 aromatic heterocycles. The molecular formula is C15H22O2S. The molecule has 0 fully saturated rings. The summed E-state index contributed by atoms with van der Waals surface area (Å²) in [4.78, 5) is 11.7. The Bertz CT molecular complexity index is 325. The largest absolute Gasteiger partial charge is 0.481 e. The summed E-state index contributed by atoms with van der Waals surface area (Å²) >= 11 is 1.91. The van der Waals surface area contributed by atoms with Crippen molar-refractivity contribution in [1.29, 1.82) is 0 Å². The lowest BCUT2D eigenvalue weighted by atomic mass is 10.1. The maximum Gasteiger partial charge on any atom is 0.303 e. The van der Waals surface area contributed by atoms with Gasteiger partial charge in [0.25, 0.3) is 0 Å². The number of rotatable bonds is 10. The first-order chi connectivity index (χ1) is 8.79. The quantitative estimate of drug-likeness (QED) is 0.497. The van der Waals surface area contributed by atoms with Crippen molar-refractivity contribution in [3.8, 4) is 0 Å². The molecule has 1 aromatic rings. The number of thioether (sulfide) groups is 1. The third-order valence-corrected chi connectivity index (χ3v) is 3.90. The minimum atomic E-state index is -0.672. The third-order valence-electron chi connectivity index (χ3n) is 2.80. The zero-order valence-electron chi connectivity index (χ0n) is 10.8. The van der Waals surface area contributed by atoms with Gasteiger partial charge < -0.3 is 5.11 Å². The SMILES string of the molecule is O=C(O)CCCCCCCCSc1ccccc1. The number of hydrogen-bond donors (Lipinski definition) is 1. The van der Waals surface area contributed by atoms with Crippen molar-refractivity contribution in [3.05, 3.63) is 30.3 Å². The maximum atomic E-state index is 10.3. The second kappa shape index (κ2) is 10.0. The van der Waals surface area contributed by atoms with Gasteiger partial charge in [-0.1, -0.05) is 43.9 Å². The molecule has 0 radical (unpaired) electrons. The zero-order valence-corrected chi connectivity index (χ0v) is 11.6. The summed E-state index contributed by atoms with van der Waals surface area (Å²) < 4.78 is 0. The van der Waals surface area contributed by atoms with E-state index in [1.54, 1.807) is 0 Å². The summed E-state index contributed by atoms with van der Waals surface area (Å²) in [5.41, 5.74) is 0. The van der Waals surface area contributed by atoms with E-state index in [0.29, 0.717) is 6.42 Å². The molecule has 18 heavy (non-hydrogen) atoms. The lowest BCUT2D eigenvalue weighted by molar-refractivity contribution is -0.137. The Morgan fingerprint density at radius 2 is 1.56 bits per heavy atom. The molecule has 0 saturated carbocycles. The number of hydrogen-bond acceptors (Lipinski definition) is 2. The lowest BCUT2D eigenvalue weighted by Crippen LogP contribution is -1.93. The van der Waals surface area contributed by atoms with Crippen LogP contribution in [0.1, 0.15) is 44.9 Å². The van der Waals surface area contributed by atoms with E-state index in [1.807, 2.05) is 17.8 Å². The zero-order chi connectivity index (χ0) is 13.1. The smallest absolute Gasteiger partial charge is 0.303 e. The number of carboxylic acids is 1. The van der Waals surface area contributed by atoms with Gasteiger partial charge in [-0.25, -0.2) is 0 Å². The van der Waals surface area contributed by atoms with E-state index in [0.717, 1.165) is 12.8 Å². The molecule has 0 aliphatic rings. The predicted octanol–water partition coefficient (Wildman–Crippen LogP) is 4.59. The van der Waals surface area contributed by atoms with Crippen LogP contribution in [0.4, 0.5) is 0 Å². The van der Waals surface area contributed by atoms with Gasteiger partial charge in [0.2, 0.25) is 0 Å². The van der Waals surface area contributed by atoms with Crippen molar-refractivity contribution < 1.29 is 9.90 Å². The normalized spacial score (nSPS) is 10.4. The number of carbonyl (C=O) groups is 1. The van der Waals surface area contributed by atoms with Crippen LogP contribution in [0.2, 0.25) is 0 Å². The molecule has 3 heteroatoms. The van der Waals surface area contributed by atoms with Crippen LogP contribution >= 0.6 is 11.8 Å². The maximum absolute atomic E-state index is 10.3. The van der Waals surface area contributed by atoms with Gasteiger partial charge >= 0.3 is 5.97 Å². The summed E-state index contributed by atoms with van der Waals surface area (Å²) in [5.74, 6) is 0.508. The van der Waals surface area contributed by atoms with Crippen molar-refractivity contribution in [2.24, 2.45) is 0 Å². The number of aliphatic carboxylic acids is 1. The van der Waals surface area contributed by atoms with Crippen molar-refractivity contribution in [2.75, 3.05) is 5.75 Å². The third kappa shape index (κ3) is 8.18. The minimum Gasteiger partial charge on any atom is -0.481 e. The van der Waals surface area contributed by atoms with E-state index in [4.69, 9.17) is 5.11 Å². The van der Waals surface area contributed by atoms with Crippen LogP contribution in [0.15, 0.2) is 35.2 Å². The molecule has 1 aromatic carbocycles. The van der Waals surface area contributed by atoms with Crippen LogP contribution in [0.5, 0.6) is 0 Å². The van der Waals surface area contributed by atoms with Gasteiger partial charge in [0.05, 0.1) is 0 Å². The highest BCUT2D eigenvalue weighted by Gasteiger charge is 1.97. The molecule has 0 atom stereocenters. The highest BCUT2D eigenvalue weighted by Crippen LogP contribution is 2.19. The summed E-state index contributed by atoms with van der Waals surface area (Å²) in [5, 5.41) is 8.49. The van der Waals surface area contributed by atoms with Gasteiger partial charge in [-0.3, -0.25) is 4.79 Å². The first-order valence-corrected chi connectivity index (χ1v) is 7.67. The molecule has 1 N–H and O–H groups in total. The van der Waals surface area contributed by atoms with Crippen LogP contribution in [0.25, 0.3) is 0 Å². The van der Waals surface area contributed by atoms with Gasteiger partial charge in [-0.2, -0.15) is 0 Å².